The van der Waals surface area contributed by atoms with Crippen molar-refractivity contribution in [1.82, 2.24) is 0 Å². The Morgan fingerprint density at radius 2 is 1.85 bits per heavy atom. The van der Waals surface area contributed by atoms with Gasteiger partial charge in [-0.15, -0.1) is 0 Å². The average molecular weight is 278 g/mol. The standard InChI is InChI=1S/C17H26O3/c1-16(2)11-14(17(3,4)20-16)15(18)10-12-6-8-13(19-5)9-7-12/h6-9,14-15,18H,10-11H2,1-5H3. The van der Waals surface area contributed by atoms with Gasteiger partial charge in [0.15, 0.2) is 0 Å². The van der Waals surface area contributed by atoms with Gasteiger partial charge >= 0.3 is 0 Å². The quantitative estimate of drug-likeness (QED) is 0.919. The van der Waals surface area contributed by atoms with E-state index in [1.165, 1.54) is 0 Å². The highest BCUT2D eigenvalue weighted by molar-refractivity contribution is 5.27. The van der Waals surface area contributed by atoms with Crippen molar-refractivity contribution >= 4 is 0 Å². The van der Waals surface area contributed by atoms with Crippen molar-refractivity contribution in [3.63, 3.8) is 0 Å². The van der Waals surface area contributed by atoms with Crippen molar-refractivity contribution in [2.24, 2.45) is 5.92 Å². The molecule has 0 bridgehead atoms. The average Bonchev–Trinajstić information content (AvgIpc) is 2.58. The molecule has 3 heteroatoms. The van der Waals surface area contributed by atoms with E-state index in [0.29, 0.717) is 6.42 Å². The Morgan fingerprint density at radius 3 is 2.30 bits per heavy atom. The molecule has 2 unspecified atom stereocenters. The van der Waals surface area contributed by atoms with E-state index in [1.807, 2.05) is 24.3 Å². The third-order valence-corrected chi connectivity index (χ3v) is 4.21. The number of hydrogen-bond acceptors (Lipinski definition) is 3. The van der Waals surface area contributed by atoms with Crippen LogP contribution in [0.5, 0.6) is 5.75 Å². The Bertz CT molecular complexity index is 448. The second-order valence-electron chi connectivity index (χ2n) is 6.90. The number of hydrogen-bond donors (Lipinski definition) is 1. The molecule has 0 aliphatic carbocycles. The zero-order valence-electron chi connectivity index (χ0n) is 13.1. The SMILES string of the molecule is COc1ccc(CC(O)C2CC(C)(C)OC2(C)C)cc1. The predicted molar refractivity (Wildman–Crippen MR) is 80.1 cm³/mol. The van der Waals surface area contributed by atoms with Gasteiger partial charge in [0, 0.05) is 5.92 Å². The number of rotatable bonds is 4. The highest BCUT2D eigenvalue weighted by Gasteiger charge is 2.48. The lowest BCUT2D eigenvalue weighted by Crippen LogP contribution is -2.37. The first-order valence-corrected chi connectivity index (χ1v) is 7.25. The van der Waals surface area contributed by atoms with Crippen LogP contribution in [0.1, 0.15) is 39.7 Å². The Balaban J connectivity index is 2.05. The van der Waals surface area contributed by atoms with Crippen LogP contribution in [0.25, 0.3) is 0 Å². The molecule has 0 spiro atoms. The van der Waals surface area contributed by atoms with Crippen molar-refractivity contribution in [3.05, 3.63) is 29.8 Å². The summed E-state index contributed by atoms with van der Waals surface area (Å²) in [6, 6.07) is 7.89. The fraction of sp³-hybridized carbons (Fsp3) is 0.647. The van der Waals surface area contributed by atoms with E-state index in [9.17, 15) is 5.11 Å². The highest BCUT2D eigenvalue weighted by atomic mass is 16.5. The zero-order chi connectivity index (χ0) is 15.0. The largest absolute Gasteiger partial charge is 0.497 e. The Morgan fingerprint density at radius 1 is 1.25 bits per heavy atom. The molecule has 1 N–H and O–H groups in total. The summed E-state index contributed by atoms with van der Waals surface area (Å²) in [6.07, 6.45) is 1.15. The lowest BCUT2D eigenvalue weighted by atomic mass is 9.81. The van der Waals surface area contributed by atoms with Gasteiger partial charge in [-0.2, -0.15) is 0 Å². The van der Waals surface area contributed by atoms with E-state index >= 15 is 0 Å². The summed E-state index contributed by atoms with van der Waals surface area (Å²) in [4.78, 5) is 0. The first-order valence-electron chi connectivity index (χ1n) is 7.25. The van der Waals surface area contributed by atoms with Gasteiger partial charge < -0.3 is 14.6 Å². The molecule has 1 fully saturated rings. The van der Waals surface area contributed by atoms with Crippen LogP contribution >= 0.6 is 0 Å². The van der Waals surface area contributed by atoms with E-state index in [-0.39, 0.29) is 23.2 Å². The van der Waals surface area contributed by atoms with Crippen molar-refractivity contribution in [1.29, 1.82) is 0 Å². The number of ether oxygens (including phenoxy) is 2. The maximum absolute atomic E-state index is 10.6. The molecular weight excluding hydrogens is 252 g/mol. The molecule has 1 aromatic rings. The number of benzene rings is 1. The van der Waals surface area contributed by atoms with Crippen molar-refractivity contribution < 1.29 is 14.6 Å². The van der Waals surface area contributed by atoms with Crippen molar-refractivity contribution in [3.8, 4) is 5.75 Å². The molecule has 2 rings (SSSR count). The zero-order valence-corrected chi connectivity index (χ0v) is 13.1. The molecule has 1 aromatic carbocycles. The van der Waals surface area contributed by atoms with Crippen LogP contribution in [0, 0.1) is 5.92 Å². The number of aliphatic hydroxyl groups is 1. The molecule has 1 heterocycles. The molecule has 112 valence electrons. The predicted octanol–water partition coefficient (Wildman–Crippen LogP) is 3.19. The lowest BCUT2D eigenvalue weighted by Gasteiger charge is -2.30. The molecule has 1 aliphatic rings. The molecule has 0 radical (unpaired) electrons. The summed E-state index contributed by atoms with van der Waals surface area (Å²) in [5.41, 5.74) is 0.684. The van der Waals surface area contributed by atoms with Crippen molar-refractivity contribution in [2.75, 3.05) is 7.11 Å². The molecule has 2 atom stereocenters. The Hall–Kier alpha value is -1.06. The molecule has 3 nitrogen and oxygen atoms in total. The van der Waals surface area contributed by atoms with Gasteiger partial charge in [0.25, 0.3) is 0 Å². The maximum Gasteiger partial charge on any atom is 0.118 e. The molecular formula is C17H26O3. The maximum atomic E-state index is 10.6. The van der Waals surface area contributed by atoms with Gasteiger partial charge in [-0.25, -0.2) is 0 Å². The van der Waals surface area contributed by atoms with E-state index in [2.05, 4.69) is 27.7 Å². The minimum absolute atomic E-state index is 0.152. The summed E-state index contributed by atoms with van der Waals surface area (Å²) in [6.45, 7) is 8.33. The molecule has 0 saturated carbocycles. The van der Waals surface area contributed by atoms with E-state index in [0.717, 1.165) is 17.7 Å². The smallest absolute Gasteiger partial charge is 0.118 e. The van der Waals surface area contributed by atoms with Gasteiger partial charge in [0.05, 0.1) is 24.4 Å². The van der Waals surface area contributed by atoms with Gasteiger partial charge in [-0.1, -0.05) is 12.1 Å². The van der Waals surface area contributed by atoms with Crippen LogP contribution in [-0.4, -0.2) is 29.5 Å². The van der Waals surface area contributed by atoms with Gasteiger partial charge in [-0.3, -0.25) is 0 Å². The van der Waals surface area contributed by atoms with E-state index in [4.69, 9.17) is 9.47 Å². The summed E-state index contributed by atoms with van der Waals surface area (Å²) in [5.74, 6) is 0.994. The van der Waals surface area contributed by atoms with Crippen LogP contribution in [0.15, 0.2) is 24.3 Å². The van der Waals surface area contributed by atoms with Crippen LogP contribution in [-0.2, 0) is 11.2 Å². The first-order chi connectivity index (χ1) is 9.23. The van der Waals surface area contributed by atoms with Gasteiger partial charge in [0.1, 0.15) is 5.75 Å². The van der Waals surface area contributed by atoms with E-state index in [1.54, 1.807) is 7.11 Å². The summed E-state index contributed by atoms with van der Waals surface area (Å²) in [5, 5.41) is 10.6. The summed E-state index contributed by atoms with van der Waals surface area (Å²) < 4.78 is 11.2. The Labute approximate surface area is 121 Å². The summed E-state index contributed by atoms with van der Waals surface area (Å²) in [7, 11) is 1.66. The van der Waals surface area contributed by atoms with E-state index < -0.39 is 0 Å². The minimum Gasteiger partial charge on any atom is -0.497 e. The third-order valence-electron chi connectivity index (χ3n) is 4.21. The molecule has 0 aromatic heterocycles. The van der Waals surface area contributed by atoms with Crippen LogP contribution in [0.2, 0.25) is 0 Å². The molecule has 20 heavy (non-hydrogen) atoms. The second kappa shape index (κ2) is 5.38. The minimum atomic E-state index is -0.389. The molecule has 1 aliphatic heterocycles. The molecule has 0 amide bonds. The lowest BCUT2D eigenvalue weighted by molar-refractivity contribution is -0.0873. The summed E-state index contributed by atoms with van der Waals surface area (Å²) >= 11 is 0. The van der Waals surface area contributed by atoms with Crippen molar-refractivity contribution in [2.45, 2.75) is 57.8 Å². The van der Waals surface area contributed by atoms with Crippen LogP contribution in [0.4, 0.5) is 0 Å². The highest BCUT2D eigenvalue weighted by Crippen LogP contribution is 2.44. The molecule has 1 saturated heterocycles. The first kappa shape index (κ1) is 15.3. The monoisotopic (exact) mass is 278 g/mol. The van der Waals surface area contributed by atoms with Crippen LogP contribution < -0.4 is 4.74 Å². The Kier molecular flexibility index (Phi) is 4.12. The topological polar surface area (TPSA) is 38.7 Å². The van der Waals surface area contributed by atoms with Gasteiger partial charge in [0.2, 0.25) is 0 Å². The van der Waals surface area contributed by atoms with Crippen LogP contribution in [0.3, 0.4) is 0 Å². The van der Waals surface area contributed by atoms with Gasteiger partial charge in [-0.05, 0) is 58.2 Å². The number of methoxy groups -OCH3 is 1. The number of aliphatic hydroxyl groups excluding tert-OH is 1. The third kappa shape index (κ3) is 3.33. The fourth-order valence-electron chi connectivity index (χ4n) is 3.35. The second-order valence-corrected chi connectivity index (χ2v) is 6.90. The normalized spacial score (nSPS) is 25.4. The fourth-order valence-corrected chi connectivity index (χ4v) is 3.35.